The fourth-order valence-corrected chi connectivity index (χ4v) is 1.57. The molecule has 0 spiro atoms. The second-order valence-corrected chi connectivity index (χ2v) is 3.97. The number of amides is 1. The number of halogens is 1. The van der Waals surface area contributed by atoms with Crippen molar-refractivity contribution in [1.29, 1.82) is 0 Å². The summed E-state index contributed by atoms with van der Waals surface area (Å²) >= 11 is 0. The van der Waals surface area contributed by atoms with E-state index in [1.165, 1.54) is 25.3 Å². The Morgan fingerprint density at radius 2 is 2.10 bits per heavy atom. The average Bonchev–Trinajstić information content (AvgIpc) is 2.44. The molecule has 20 heavy (non-hydrogen) atoms. The lowest BCUT2D eigenvalue weighted by atomic mass is 10.1. The maximum Gasteiger partial charge on any atom is 0.330 e. The van der Waals surface area contributed by atoms with E-state index in [2.05, 4.69) is 10.1 Å². The van der Waals surface area contributed by atoms with Gasteiger partial charge in [-0.2, -0.15) is 0 Å². The highest BCUT2D eigenvalue weighted by Gasteiger charge is 2.20. The van der Waals surface area contributed by atoms with E-state index in [0.29, 0.717) is 5.56 Å². The fourth-order valence-electron chi connectivity index (χ4n) is 1.57. The summed E-state index contributed by atoms with van der Waals surface area (Å²) in [6, 6.07) is 2.98. The van der Waals surface area contributed by atoms with Crippen LogP contribution >= 0.6 is 0 Å². The molecule has 0 unspecified atom stereocenters. The van der Waals surface area contributed by atoms with Crippen LogP contribution in [0.2, 0.25) is 0 Å². The zero-order valence-electron chi connectivity index (χ0n) is 11.2. The van der Waals surface area contributed by atoms with E-state index in [4.69, 9.17) is 9.84 Å². The predicted molar refractivity (Wildman–Crippen MR) is 67.7 cm³/mol. The Bertz CT molecular complexity index is 492. The first kappa shape index (κ1) is 15.9. The van der Waals surface area contributed by atoms with Crippen LogP contribution in [0.1, 0.15) is 5.56 Å². The lowest BCUT2D eigenvalue weighted by Gasteiger charge is -2.13. The van der Waals surface area contributed by atoms with Crippen molar-refractivity contribution in [3.05, 3.63) is 29.6 Å². The van der Waals surface area contributed by atoms with Crippen molar-refractivity contribution in [3.63, 3.8) is 0 Å². The highest BCUT2D eigenvalue weighted by Crippen LogP contribution is 2.17. The number of methoxy groups -OCH3 is 2. The molecule has 1 amide bonds. The second kappa shape index (κ2) is 7.44. The SMILES string of the molecule is COC(=O)[C@H](CO)NC(=O)Cc1ccc(OC)c(F)c1. The number of aliphatic hydroxyl groups excluding tert-OH is 1. The third-order valence-electron chi connectivity index (χ3n) is 2.58. The zero-order valence-corrected chi connectivity index (χ0v) is 11.2. The monoisotopic (exact) mass is 285 g/mol. The fraction of sp³-hybridized carbons (Fsp3) is 0.385. The van der Waals surface area contributed by atoms with E-state index < -0.39 is 30.3 Å². The number of ether oxygens (including phenoxy) is 2. The third kappa shape index (κ3) is 4.20. The van der Waals surface area contributed by atoms with Gasteiger partial charge in [-0.05, 0) is 17.7 Å². The van der Waals surface area contributed by atoms with Crippen molar-refractivity contribution in [2.75, 3.05) is 20.8 Å². The van der Waals surface area contributed by atoms with Crippen LogP contribution < -0.4 is 10.1 Å². The number of aliphatic hydroxyl groups is 1. The molecular weight excluding hydrogens is 269 g/mol. The molecule has 1 aromatic carbocycles. The van der Waals surface area contributed by atoms with Gasteiger partial charge in [0.25, 0.3) is 0 Å². The topological polar surface area (TPSA) is 84.9 Å². The molecular formula is C13H16FNO5. The number of benzene rings is 1. The predicted octanol–water partition coefficient (Wildman–Crippen LogP) is 0.0269. The first-order chi connectivity index (χ1) is 9.51. The maximum atomic E-state index is 13.4. The lowest BCUT2D eigenvalue weighted by Crippen LogP contribution is -2.44. The molecule has 0 aromatic heterocycles. The molecule has 7 heteroatoms. The Balaban J connectivity index is 2.66. The summed E-state index contributed by atoms with van der Waals surface area (Å²) in [4.78, 5) is 22.9. The second-order valence-electron chi connectivity index (χ2n) is 3.97. The molecule has 2 N–H and O–H groups in total. The van der Waals surface area contributed by atoms with E-state index in [1.807, 2.05) is 0 Å². The molecule has 0 aliphatic carbocycles. The van der Waals surface area contributed by atoms with E-state index in [0.717, 1.165) is 7.11 Å². The summed E-state index contributed by atoms with van der Waals surface area (Å²) in [6.07, 6.45) is -0.131. The summed E-state index contributed by atoms with van der Waals surface area (Å²) in [5.74, 6) is -1.78. The van der Waals surface area contributed by atoms with Gasteiger partial charge in [-0.15, -0.1) is 0 Å². The molecule has 0 saturated carbocycles. The van der Waals surface area contributed by atoms with Gasteiger partial charge >= 0.3 is 5.97 Å². The van der Waals surface area contributed by atoms with Crippen LogP contribution in [0.25, 0.3) is 0 Å². The van der Waals surface area contributed by atoms with Crippen LogP contribution in [0.15, 0.2) is 18.2 Å². The van der Waals surface area contributed by atoms with Gasteiger partial charge in [-0.1, -0.05) is 6.07 Å². The van der Waals surface area contributed by atoms with Crippen LogP contribution in [0, 0.1) is 5.82 Å². The molecule has 0 bridgehead atoms. The van der Waals surface area contributed by atoms with E-state index in [-0.39, 0.29) is 12.2 Å². The number of nitrogens with one attached hydrogen (secondary N) is 1. The van der Waals surface area contributed by atoms with Crippen molar-refractivity contribution in [1.82, 2.24) is 5.32 Å². The Morgan fingerprint density at radius 1 is 1.40 bits per heavy atom. The Morgan fingerprint density at radius 3 is 2.60 bits per heavy atom. The van der Waals surface area contributed by atoms with Gasteiger partial charge in [0, 0.05) is 0 Å². The normalized spacial score (nSPS) is 11.6. The van der Waals surface area contributed by atoms with Crippen LogP contribution in [0.5, 0.6) is 5.75 Å². The molecule has 110 valence electrons. The van der Waals surface area contributed by atoms with E-state index >= 15 is 0 Å². The quantitative estimate of drug-likeness (QED) is 0.720. The van der Waals surface area contributed by atoms with Gasteiger partial charge in [0.1, 0.15) is 0 Å². The Labute approximate surface area is 115 Å². The maximum absolute atomic E-state index is 13.4. The molecule has 1 atom stereocenters. The van der Waals surface area contributed by atoms with Crippen molar-refractivity contribution in [2.45, 2.75) is 12.5 Å². The molecule has 0 heterocycles. The smallest absolute Gasteiger partial charge is 0.330 e. The third-order valence-corrected chi connectivity index (χ3v) is 2.58. The molecule has 0 aliphatic heterocycles. The summed E-state index contributed by atoms with van der Waals surface area (Å²) in [7, 11) is 2.49. The minimum absolute atomic E-state index is 0.0805. The summed E-state index contributed by atoms with van der Waals surface area (Å²) < 4.78 is 22.6. The van der Waals surface area contributed by atoms with Crippen molar-refractivity contribution in [3.8, 4) is 5.75 Å². The molecule has 6 nitrogen and oxygen atoms in total. The number of rotatable bonds is 6. The minimum atomic E-state index is -1.13. The van der Waals surface area contributed by atoms with Crippen LogP contribution in [-0.2, 0) is 20.7 Å². The van der Waals surface area contributed by atoms with Gasteiger partial charge in [-0.3, -0.25) is 4.79 Å². The van der Waals surface area contributed by atoms with Gasteiger partial charge in [0.15, 0.2) is 17.6 Å². The molecule has 1 rings (SSSR count). The number of carbonyl (C=O) groups is 2. The van der Waals surface area contributed by atoms with Gasteiger partial charge < -0.3 is 19.9 Å². The first-order valence-electron chi connectivity index (χ1n) is 5.82. The van der Waals surface area contributed by atoms with Gasteiger partial charge in [0.05, 0.1) is 27.2 Å². The standard InChI is InChI=1S/C13H16FNO5/c1-19-11-4-3-8(5-9(11)14)6-12(17)15-10(7-16)13(18)20-2/h3-5,10,16H,6-7H2,1-2H3,(H,15,17)/t10-/m0/s1. The summed E-state index contributed by atoms with van der Waals surface area (Å²) in [5, 5.41) is 11.3. The molecule has 0 fully saturated rings. The highest BCUT2D eigenvalue weighted by molar-refractivity contribution is 5.85. The first-order valence-corrected chi connectivity index (χ1v) is 5.82. The number of esters is 1. The number of hydrogen-bond donors (Lipinski definition) is 2. The Kier molecular flexibility index (Phi) is 5.92. The molecule has 0 aliphatic rings. The lowest BCUT2D eigenvalue weighted by molar-refractivity contribution is -0.146. The largest absolute Gasteiger partial charge is 0.494 e. The Hall–Kier alpha value is -2.15. The highest BCUT2D eigenvalue weighted by atomic mass is 19.1. The van der Waals surface area contributed by atoms with E-state index in [1.54, 1.807) is 0 Å². The van der Waals surface area contributed by atoms with Crippen LogP contribution in [0.3, 0.4) is 0 Å². The zero-order chi connectivity index (χ0) is 15.1. The van der Waals surface area contributed by atoms with Crippen LogP contribution in [0.4, 0.5) is 4.39 Å². The average molecular weight is 285 g/mol. The van der Waals surface area contributed by atoms with E-state index in [9.17, 15) is 14.0 Å². The van der Waals surface area contributed by atoms with Crippen LogP contribution in [-0.4, -0.2) is 43.9 Å². The molecule has 1 aromatic rings. The summed E-state index contributed by atoms with van der Waals surface area (Å²) in [6.45, 7) is -0.574. The molecule has 0 radical (unpaired) electrons. The van der Waals surface area contributed by atoms with Crippen molar-refractivity contribution in [2.24, 2.45) is 0 Å². The van der Waals surface area contributed by atoms with Crippen molar-refractivity contribution < 1.29 is 28.6 Å². The summed E-state index contributed by atoms with van der Waals surface area (Å²) in [5.41, 5.74) is 0.419. The number of carbonyl (C=O) groups excluding carboxylic acids is 2. The molecule has 0 saturated heterocycles. The van der Waals surface area contributed by atoms with Crippen molar-refractivity contribution >= 4 is 11.9 Å². The minimum Gasteiger partial charge on any atom is -0.494 e. The number of hydrogen-bond acceptors (Lipinski definition) is 5. The van der Waals surface area contributed by atoms with Gasteiger partial charge in [-0.25, -0.2) is 9.18 Å². The van der Waals surface area contributed by atoms with Gasteiger partial charge in [0.2, 0.25) is 5.91 Å².